The lowest BCUT2D eigenvalue weighted by Gasteiger charge is -2.10. The number of hydrogen-bond acceptors (Lipinski definition) is 4. The first-order valence-corrected chi connectivity index (χ1v) is 5.60. The Morgan fingerprint density at radius 3 is 2.71 bits per heavy atom. The topological polar surface area (TPSA) is 34.1 Å². The van der Waals surface area contributed by atoms with Crippen LogP contribution in [-0.4, -0.2) is 24.7 Å². The first kappa shape index (κ1) is 11.6. The molecule has 1 heterocycles. The first-order chi connectivity index (χ1) is 6.63. The van der Waals surface area contributed by atoms with E-state index in [4.69, 9.17) is 4.74 Å². The Morgan fingerprint density at radius 2 is 2.21 bits per heavy atom. The molecule has 0 radical (unpaired) electrons. The number of ether oxygens (including phenoxy) is 1. The van der Waals surface area contributed by atoms with Gasteiger partial charge in [-0.3, -0.25) is 0 Å². The van der Waals surface area contributed by atoms with Crippen molar-refractivity contribution >= 4 is 11.3 Å². The van der Waals surface area contributed by atoms with E-state index in [1.165, 1.54) is 4.88 Å². The molecule has 0 aliphatic heterocycles. The van der Waals surface area contributed by atoms with Crippen molar-refractivity contribution in [1.29, 1.82) is 0 Å². The van der Waals surface area contributed by atoms with E-state index in [-0.39, 0.29) is 0 Å². The Labute approximate surface area is 89.5 Å². The third kappa shape index (κ3) is 3.36. The summed E-state index contributed by atoms with van der Waals surface area (Å²) in [6.45, 7) is 7.84. The van der Waals surface area contributed by atoms with E-state index in [1.54, 1.807) is 18.4 Å². The van der Waals surface area contributed by atoms with Crippen molar-refractivity contribution in [2.45, 2.75) is 33.4 Å². The molecule has 0 fully saturated rings. The number of nitrogens with zero attached hydrogens (tertiary/aromatic N) is 1. The van der Waals surface area contributed by atoms with E-state index in [2.05, 4.69) is 24.1 Å². The summed E-state index contributed by atoms with van der Waals surface area (Å²) in [5.41, 5.74) is 1.14. The van der Waals surface area contributed by atoms with Crippen molar-refractivity contribution in [3.63, 3.8) is 0 Å². The fraction of sp³-hybridized carbons (Fsp3) is 0.700. The molecule has 1 aromatic heterocycles. The van der Waals surface area contributed by atoms with E-state index in [9.17, 15) is 0 Å². The van der Waals surface area contributed by atoms with Crippen LogP contribution in [0.2, 0.25) is 0 Å². The SMILES string of the molecule is COCC(C)NCc1nc(C)c(C)s1. The molecule has 1 aromatic rings. The predicted octanol–water partition coefficient (Wildman–Crippen LogP) is 1.88. The fourth-order valence-corrected chi connectivity index (χ4v) is 2.07. The van der Waals surface area contributed by atoms with Gasteiger partial charge in [0.2, 0.25) is 0 Å². The fourth-order valence-electron chi connectivity index (χ4n) is 1.19. The summed E-state index contributed by atoms with van der Waals surface area (Å²) in [4.78, 5) is 5.76. The second-order valence-corrected chi connectivity index (χ2v) is 4.77. The molecule has 3 nitrogen and oxygen atoms in total. The summed E-state index contributed by atoms with van der Waals surface area (Å²) in [5.74, 6) is 0. The summed E-state index contributed by atoms with van der Waals surface area (Å²) >= 11 is 1.76. The number of nitrogens with one attached hydrogen (secondary N) is 1. The normalized spacial score (nSPS) is 13.1. The molecule has 0 aliphatic rings. The Balaban J connectivity index is 2.38. The molecule has 0 amide bonds. The van der Waals surface area contributed by atoms with Gasteiger partial charge >= 0.3 is 0 Å². The van der Waals surface area contributed by atoms with Crippen LogP contribution >= 0.6 is 11.3 Å². The Morgan fingerprint density at radius 1 is 1.50 bits per heavy atom. The van der Waals surface area contributed by atoms with Crippen LogP contribution in [-0.2, 0) is 11.3 Å². The molecule has 0 spiro atoms. The molecule has 0 bridgehead atoms. The van der Waals surface area contributed by atoms with E-state index in [0.717, 1.165) is 23.9 Å². The van der Waals surface area contributed by atoms with E-state index in [1.807, 2.05) is 6.92 Å². The monoisotopic (exact) mass is 214 g/mol. The maximum absolute atomic E-state index is 5.04. The van der Waals surface area contributed by atoms with Gasteiger partial charge in [0, 0.05) is 24.6 Å². The number of aryl methyl sites for hydroxylation is 2. The minimum Gasteiger partial charge on any atom is -0.383 e. The molecular formula is C10H18N2OS. The van der Waals surface area contributed by atoms with Gasteiger partial charge in [0.1, 0.15) is 5.01 Å². The van der Waals surface area contributed by atoms with Crippen molar-refractivity contribution in [1.82, 2.24) is 10.3 Å². The summed E-state index contributed by atoms with van der Waals surface area (Å²) in [6, 6.07) is 0.379. The van der Waals surface area contributed by atoms with Crippen molar-refractivity contribution in [3.05, 3.63) is 15.6 Å². The second kappa shape index (κ2) is 5.44. The second-order valence-electron chi connectivity index (χ2n) is 3.49. The highest BCUT2D eigenvalue weighted by Gasteiger charge is 2.05. The molecule has 0 saturated carbocycles. The highest BCUT2D eigenvalue weighted by atomic mass is 32.1. The van der Waals surface area contributed by atoms with Gasteiger partial charge in [-0.2, -0.15) is 0 Å². The lowest BCUT2D eigenvalue weighted by molar-refractivity contribution is 0.171. The lowest BCUT2D eigenvalue weighted by atomic mass is 10.3. The molecule has 1 N–H and O–H groups in total. The predicted molar refractivity (Wildman–Crippen MR) is 59.8 cm³/mol. The van der Waals surface area contributed by atoms with Crippen LogP contribution in [0, 0.1) is 13.8 Å². The lowest BCUT2D eigenvalue weighted by Crippen LogP contribution is -2.29. The van der Waals surface area contributed by atoms with Crippen LogP contribution in [0.15, 0.2) is 0 Å². The average Bonchev–Trinajstić information content (AvgIpc) is 2.44. The van der Waals surface area contributed by atoms with Crippen molar-refractivity contribution < 1.29 is 4.74 Å². The van der Waals surface area contributed by atoms with Gasteiger partial charge in [-0.1, -0.05) is 0 Å². The third-order valence-corrected chi connectivity index (χ3v) is 3.16. The molecule has 1 atom stereocenters. The molecule has 1 unspecified atom stereocenters. The van der Waals surface area contributed by atoms with Crippen LogP contribution in [0.4, 0.5) is 0 Å². The highest BCUT2D eigenvalue weighted by molar-refractivity contribution is 7.11. The maximum atomic E-state index is 5.04. The molecule has 0 aliphatic carbocycles. The van der Waals surface area contributed by atoms with Crippen LogP contribution in [0.1, 0.15) is 22.5 Å². The quantitative estimate of drug-likeness (QED) is 0.812. The van der Waals surface area contributed by atoms with Crippen LogP contribution in [0.25, 0.3) is 0 Å². The highest BCUT2D eigenvalue weighted by Crippen LogP contribution is 2.15. The van der Waals surface area contributed by atoms with Gasteiger partial charge in [0.15, 0.2) is 0 Å². The van der Waals surface area contributed by atoms with Crippen molar-refractivity contribution in [2.75, 3.05) is 13.7 Å². The van der Waals surface area contributed by atoms with Crippen LogP contribution < -0.4 is 5.32 Å². The van der Waals surface area contributed by atoms with E-state index < -0.39 is 0 Å². The Bertz CT molecular complexity index is 266. The standard InChI is InChI=1S/C10H18N2OS/c1-7(6-13-4)11-5-10-12-8(2)9(3)14-10/h7,11H,5-6H2,1-4H3. The zero-order valence-corrected chi connectivity index (χ0v) is 10.1. The van der Waals surface area contributed by atoms with Gasteiger partial charge in [0.05, 0.1) is 12.3 Å². The Hall–Kier alpha value is -0.450. The van der Waals surface area contributed by atoms with Crippen molar-refractivity contribution in [2.24, 2.45) is 0 Å². The minimum atomic E-state index is 0.379. The Kier molecular flexibility index (Phi) is 4.51. The number of rotatable bonds is 5. The van der Waals surface area contributed by atoms with Crippen LogP contribution in [0.3, 0.4) is 0 Å². The maximum Gasteiger partial charge on any atom is 0.107 e. The van der Waals surface area contributed by atoms with E-state index >= 15 is 0 Å². The van der Waals surface area contributed by atoms with E-state index in [0.29, 0.717) is 6.04 Å². The minimum absolute atomic E-state index is 0.379. The van der Waals surface area contributed by atoms with Gasteiger partial charge in [-0.15, -0.1) is 11.3 Å². The van der Waals surface area contributed by atoms with Crippen molar-refractivity contribution in [3.8, 4) is 0 Å². The van der Waals surface area contributed by atoms with Crippen LogP contribution in [0.5, 0.6) is 0 Å². The molecule has 0 saturated heterocycles. The number of methoxy groups -OCH3 is 1. The summed E-state index contributed by atoms with van der Waals surface area (Å²) < 4.78 is 5.04. The molecule has 4 heteroatoms. The summed E-state index contributed by atoms with van der Waals surface area (Å²) in [7, 11) is 1.72. The number of hydrogen-bond donors (Lipinski definition) is 1. The molecule has 1 rings (SSSR count). The number of thiazole rings is 1. The zero-order valence-electron chi connectivity index (χ0n) is 9.26. The zero-order chi connectivity index (χ0) is 10.6. The molecule has 80 valence electrons. The summed E-state index contributed by atoms with van der Waals surface area (Å²) in [5, 5.41) is 4.52. The first-order valence-electron chi connectivity index (χ1n) is 4.78. The molecule has 0 aromatic carbocycles. The van der Waals surface area contributed by atoms with Gasteiger partial charge in [-0.25, -0.2) is 4.98 Å². The molecular weight excluding hydrogens is 196 g/mol. The van der Waals surface area contributed by atoms with Gasteiger partial charge in [-0.05, 0) is 20.8 Å². The summed E-state index contributed by atoms with van der Waals surface area (Å²) in [6.07, 6.45) is 0. The third-order valence-electron chi connectivity index (χ3n) is 2.09. The van der Waals surface area contributed by atoms with Gasteiger partial charge in [0.25, 0.3) is 0 Å². The molecule has 14 heavy (non-hydrogen) atoms. The average molecular weight is 214 g/mol. The number of aromatic nitrogens is 1. The largest absolute Gasteiger partial charge is 0.383 e. The van der Waals surface area contributed by atoms with Gasteiger partial charge < -0.3 is 10.1 Å². The smallest absolute Gasteiger partial charge is 0.107 e.